The maximum absolute atomic E-state index is 11.5. The van der Waals surface area contributed by atoms with Crippen molar-refractivity contribution < 1.29 is 14.3 Å². The second kappa shape index (κ2) is 4.57. The van der Waals surface area contributed by atoms with E-state index in [1.807, 2.05) is 0 Å². The number of hydrogen-bond donors (Lipinski definition) is 1. The molecule has 1 N–H and O–H groups in total. The molecule has 94 valence electrons. The van der Waals surface area contributed by atoms with Crippen LogP contribution in [0.2, 0.25) is 0 Å². The summed E-state index contributed by atoms with van der Waals surface area (Å²) in [6, 6.07) is 0. The van der Waals surface area contributed by atoms with Crippen LogP contribution >= 0.6 is 0 Å². The van der Waals surface area contributed by atoms with Crippen molar-refractivity contribution in [3.05, 3.63) is 11.8 Å². The summed E-state index contributed by atoms with van der Waals surface area (Å²) < 4.78 is 6.54. The molecule has 17 heavy (non-hydrogen) atoms. The van der Waals surface area contributed by atoms with Gasteiger partial charge in [0.05, 0.1) is 5.56 Å². The highest BCUT2D eigenvalue weighted by atomic mass is 16.6. The fraction of sp³-hybridized carbons (Fsp3) is 0.545. The molecule has 0 aliphatic rings. The molecular formula is C11H17N3O3. The van der Waals surface area contributed by atoms with Crippen molar-refractivity contribution in [2.45, 2.75) is 33.3 Å². The fourth-order valence-corrected chi connectivity index (χ4v) is 1.24. The van der Waals surface area contributed by atoms with Crippen LogP contribution in [0, 0.1) is 0 Å². The molecule has 6 heteroatoms. The van der Waals surface area contributed by atoms with Crippen LogP contribution in [-0.2, 0) is 11.8 Å². The minimum Gasteiger partial charge on any atom is -0.444 e. The highest BCUT2D eigenvalue weighted by Gasteiger charge is 2.19. The van der Waals surface area contributed by atoms with Crippen molar-refractivity contribution in [1.29, 1.82) is 0 Å². The average molecular weight is 239 g/mol. The molecule has 0 spiro atoms. The molecule has 0 atom stereocenters. The number of Topliss-reactive ketones (excluding diaryl/α,β-unsaturated/α-hetero) is 1. The van der Waals surface area contributed by atoms with Gasteiger partial charge in [-0.3, -0.25) is 14.8 Å². The summed E-state index contributed by atoms with van der Waals surface area (Å²) in [7, 11) is 1.67. The van der Waals surface area contributed by atoms with Crippen LogP contribution in [0.1, 0.15) is 38.1 Å². The molecule has 0 aliphatic heterocycles. The van der Waals surface area contributed by atoms with E-state index in [0.717, 1.165) is 0 Å². The zero-order valence-electron chi connectivity index (χ0n) is 10.7. The number of rotatable bonds is 2. The molecule has 1 heterocycles. The lowest BCUT2D eigenvalue weighted by molar-refractivity contribution is 0.0635. The van der Waals surface area contributed by atoms with E-state index < -0.39 is 11.7 Å². The zero-order valence-corrected chi connectivity index (χ0v) is 10.7. The highest BCUT2D eigenvalue weighted by molar-refractivity contribution is 6.01. The molecular weight excluding hydrogens is 222 g/mol. The number of nitrogens with one attached hydrogen (secondary N) is 1. The Labute approximate surface area is 99.9 Å². The van der Waals surface area contributed by atoms with Gasteiger partial charge in [-0.15, -0.1) is 0 Å². The Morgan fingerprint density at radius 2 is 2.00 bits per heavy atom. The Hall–Kier alpha value is -1.85. The van der Waals surface area contributed by atoms with E-state index >= 15 is 0 Å². The third kappa shape index (κ3) is 3.90. The first-order valence-electron chi connectivity index (χ1n) is 5.23. The average Bonchev–Trinajstić information content (AvgIpc) is 2.42. The molecule has 0 fully saturated rings. The van der Waals surface area contributed by atoms with Crippen LogP contribution < -0.4 is 5.32 Å². The van der Waals surface area contributed by atoms with Gasteiger partial charge in [0, 0.05) is 13.2 Å². The number of nitrogens with zero attached hydrogens (tertiary/aromatic N) is 2. The molecule has 0 aromatic carbocycles. The van der Waals surface area contributed by atoms with Crippen LogP contribution in [0.15, 0.2) is 6.20 Å². The van der Waals surface area contributed by atoms with Crippen LogP contribution in [0.3, 0.4) is 0 Å². The molecule has 0 saturated carbocycles. The Bertz CT molecular complexity index is 443. The van der Waals surface area contributed by atoms with Crippen LogP contribution in [0.5, 0.6) is 0 Å². The van der Waals surface area contributed by atoms with Crippen molar-refractivity contribution in [3.8, 4) is 0 Å². The van der Waals surface area contributed by atoms with E-state index in [1.54, 1.807) is 34.0 Å². The smallest absolute Gasteiger partial charge is 0.413 e. The Balaban J connectivity index is 2.81. The number of ether oxygens (including phenoxy) is 1. The maximum atomic E-state index is 11.5. The number of amides is 1. The third-order valence-corrected chi connectivity index (χ3v) is 1.83. The minimum absolute atomic E-state index is 0.163. The van der Waals surface area contributed by atoms with Crippen LogP contribution in [-0.4, -0.2) is 27.3 Å². The molecule has 1 aromatic rings. The predicted octanol–water partition coefficient (Wildman–Crippen LogP) is 1.97. The second-order valence-electron chi connectivity index (χ2n) is 4.75. The topological polar surface area (TPSA) is 73.2 Å². The van der Waals surface area contributed by atoms with E-state index in [9.17, 15) is 9.59 Å². The lowest BCUT2D eigenvalue weighted by Gasteiger charge is -2.19. The number of aromatic nitrogens is 2. The maximum Gasteiger partial charge on any atom is 0.413 e. The summed E-state index contributed by atoms with van der Waals surface area (Å²) in [5.41, 5.74) is -0.228. The summed E-state index contributed by atoms with van der Waals surface area (Å²) in [6.45, 7) is 6.70. The molecule has 1 amide bonds. The second-order valence-corrected chi connectivity index (χ2v) is 4.75. The van der Waals surface area contributed by atoms with Gasteiger partial charge in [0.1, 0.15) is 5.60 Å². The molecule has 0 radical (unpaired) electrons. The summed E-state index contributed by atoms with van der Waals surface area (Å²) >= 11 is 0. The molecule has 6 nitrogen and oxygen atoms in total. The number of carbonyl (C=O) groups is 2. The van der Waals surface area contributed by atoms with Gasteiger partial charge < -0.3 is 4.74 Å². The SMILES string of the molecule is CC(=O)c1cn(C)nc1NC(=O)OC(C)(C)C. The lowest BCUT2D eigenvalue weighted by atomic mass is 10.2. The van der Waals surface area contributed by atoms with Crippen molar-refractivity contribution in [3.63, 3.8) is 0 Å². The molecule has 0 bridgehead atoms. The highest BCUT2D eigenvalue weighted by Crippen LogP contribution is 2.15. The van der Waals surface area contributed by atoms with E-state index in [1.165, 1.54) is 11.6 Å². The van der Waals surface area contributed by atoms with Gasteiger partial charge in [-0.2, -0.15) is 5.10 Å². The fourth-order valence-electron chi connectivity index (χ4n) is 1.24. The van der Waals surface area contributed by atoms with Crippen molar-refractivity contribution in [1.82, 2.24) is 9.78 Å². The first-order valence-corrected chi connectivity index (χ1v) is 5.23. The van der Waals surface area contributed by atoms with Crippen molar-refractivity contribution in [2.75, 3.05) is 5.32 Å². The normalized spacial score (nSPS) is 11.1. The van der Waals surface area contributed by atoms with E-state index in [0.29, 0.717) is 5.56 Å². The predicted molar refractivity (Wildman–Crippen MR) is 63.1 cm³/mol. The van der Waals surface area contributed by atoms with Gasteiger partial charge in [0.2, 0.25) is 0 Å². The Morgan fingerprint density at radius 1 is 1.41 bits per heavy atom. The summed E-state index contributed by atoms with van der Waals surface area (Å²) in [4.78, 5) is 22.8. The zero-order chi connectivity index (χ0) is 13.2. The van der Waals surface area contributed by atoms with E-state index in [2.05, 4.69) is 10.4 Å². The molecule has 1 rings (SSSR count). The van der Waals surface area contributed by atoms with E-state index in [-0.39, 0.29) is 11.6 Å². The number of hydrogen-bond acceptors (Lipinski definition) is 4. The van der Waals surface area contributed by atoms with Crippen LogP contribution in [0.4, 0.5) is 10.6 Å². The van der Waals surface area contributed by atoms with Crippen molar-refractivity contribution >= 4 is 17.7 Å². The third-order valence-electron chi connectivity index (χ3n) is 1.83. The molecule has 0 unspecified atom stereocenters. The van der Waals surface area contributed by atoms with E-state index in [4.69, 9.17) is 4.74 Å². The molecule has 1 aromatic heterocycles. The monoisotopic (exact) mass is 239 g/mol. The summed E-state index contributed by atoms with van der Waals surface area (Å²) in [5.74, 6) is 0.0541. The largest absolute Gasteiger partial charge is 0.444 e. The minimum atomic E-state index is -0.626. The van der Waals surface area contributed by atoms with Gasteiger partial charge >= 0.3 is 6.09 Å². The van der Waals surface area contributed by atoms with Gasteiger partial charge in [-0.25, -0.2) is 4.79 Å². The number of carbonyl (C=O) groups excluding carboxylic acids is 2. The standard InChI is InChI=1S/C11H17N3O3/c1-7(15)8-6-14(5)13-9(8)12-10(16)17-11(2,3)4/h6H,1-5H3,(H,12,13,16). The Morgan fingerprint density at radius 3 is 2.47 bits per heavy atom. The quantitative estimate of drug-likeness (QED) is 0.801. The van der Waals surface area contributed by atoms with Gasteiger partial charge in [0.15, 0.2) is 11.6 Å². The number of aryl methyl sites for hydroxylation is 1. The Kier molecular flexibility index (Phi) is 3.55. The molecule has 0 aliphatic carbocycles. The lowest BCUT2D eigenvalue weighted by Crippen LogP contribution is -2.27. The number of anilines is 1. The summed E-state index contributed by atoms with van der Waals surface area (Å²) in [5, 5.41) is 6.44. The van der Waals surface area contributed by atoms with Gasteiger partial charge in [-0.05, 0) is 27.7 Å². The van der Waals surface area contributed by atoms with Gasteiger partial charge in [-0.1, -0.05) is 0 Å². The van der Waals surface area contributed by atoms with Crippen molar-refractivity contribution in [2.24, 2.45) is 7.05 Å². The summed E-state index contributed by atoms with van der Waals surface area (Å²) in [6.07, 6.45) is 0.924. The first kappa shape index (κ1) is 13.2. The van der Waals surface area contributed by atoms with Crippen LogP contribution in [0.25, 0.3) is 0 Å². The number of ketones is 1. The first-order chi connectivity index (χ1) is 7.69. The molecule has 0 saturated heterocycles. The van der Waals surface area contributed by atoms with Gasteiger partial charge in [0.25, 0.3) is 0 Å².